The summed E-state index contributed by atoms with van der Waals surface area (Å²) in [7, 11) is 0. The number of hydrogen-bond donors (Lipinski definition) is 1. The lowest BCUT2D eigenvalue weighted by atomic mass is 9.94. The summed E-state index contributed by atoms with van der Waals surface area (Å²) in [5.74, 6) is -0.308. The summed E-state index contributed by atoms with van der Waals surface area (Å²) in [5, 5.41) is 13.6. The van der Waals surface area contributed by atoms with Gasteiger partial charge in [0.15, 0.2) is 5.60 Å². The highest BCUT2D eigenvalue weighted by Gasteiger charge is 2.53. The number of likely N-dealkylation sites (tertiary alicyclic amines) is 1. The van der Waals surface area contributed by atoms with Crippen molar-refractivity contribution in [3.05, 3.63) is 16.9 Å². The molecule has 0 bridgehead atoms. The molecular formula is C12H15BrF3N3O2. The molecular weight excluding hydrogens is 355 g/mol. The lowest BCUT2D eigenvalue weighted by Crippen LogP contribution is -2.46. The van der Waals surface area contributed by atoms with Gasteiger partial charge in [0.1, 0.15) is 6.54 Å². The van der Waals surface area contributed by atoms with Crippen molar-refractivity contribution in [3.63, 3.8) is 0 Å². The van der Waals surface area contributed by atoms with Gasteiger partial charge in [0.2, 0.25) is 5.91 Å². The van der Waals surface area contributed by atoms with Crippen LogP contribution in [0.5, 0.6) is 0 Å². The van der Waals surface area contributed by atoms with E-state index in [2.05, 4.69) is 21.0 Å². The van der Waals surface area contributed by atoms with Crippen molar-refractivity contribution in [1.82, 2.24) is 14.7 Å². The third-order valence-electron chi connectivity index (χ3n) is 3.59. The molecule has 0 aliphatic carbocycles. The second kappa shape index (κ2) is 5.96. The van der Waals surface area contributed by atoms with Crippen LogP contribution in [0.1, 0.15) is 19.3 Å². The highest BCUT2D eigenvalue weighted by molar-refractivity contribution is 9.10. The quantitative estimate of drug-likeness (QED) is 0.866. The van der Waals surface area contributed by atoms with Gasteiger partial charge in [-0.2, -0.15) is 18.3 Å². The Balaban J connectivity index is 1.98. The minimum atomic E-state index is -4.67. The van der Waals surface area contributed by atoms with E-state index in [0.29, 0.717) is 0 Å². The molecule has 5 nitrogen and oxygen atoms in total. The van der Waals surface area contributed by atoms with Gasteiger partial charge in [-0.3, -0.25) is 9.48 Å². The molecule has 1 N–H and O–H groups in total. The Morgan fingerprint density at radius 1 is 1.43 bits per heavy atom. The Morgan fingerprint density at radius 2 is 2.14 bits per heavy atom. The van der Waals surface area contributed by atoms with E-state index in [4.69, 9.17) is 0 Å². The van der Waals surface area contributed by atoms with E-state index in [1.807, 2.05) is 0 Å². The first-order valence-corrected chi connectivity index (χ1v) is 7.25. The van der Waals surface area contributed by atoms with Gasteiger partial charge in [-0.25, -0.2) is 0 Å². The zero-order valence-corrected chi connectivity index (χ0v) is 12.7. The van der Waals surface area contributed by atoms with E-state index < -0.39 is 18.2 Å². The molecule has 2 heterocycles. The fourth-order valence-corrected chi connectivity index (χ4v) is 2.64. The molecule has 9 heteroatoms. The molecule has 2 rings (SSSR count). The smallest absolute Gasteiger partial charge is 0.380 e. The molecule has 21 heavy (non-hydrogen) atoms. The molecule has 1 unspecified atom stereocenters. The topological polar surface area (TPSA) is 58.4 Å². The van der Waals surface area contributed by atoms with E-state index in [9.17, 15) is 23.1 Å². The summed E-state index contributed by atoms with van der Waals surface area (Å²) < 4.78 is 40.6. The number of rotatable bonds is 2. The molecule has 0 saturated carbocycles. The lowest BCUT2D eigenvalue weighted by Gasteiger charge is -2.29. The minimum absolute atomic E-state index is 0.0317. The van der Waals surface area contributed by atoms with Crippen molar-refractivity contribution < 1.29 is 23.1 Å². The maximum absolute atomic E-state index is 12.8. The van der Waals surface area contributed by atoms with E-state index in [0.717, 1.165) is 4.47 Å². The number of carbonyl (C=O) groups excluding carboxylic acids is 1. The fourth-order valence-electron chi connectivity index (χ4n) is 2.32. The van der Waals surface area contributed by atoms with Crippen molar-refractivity contribution in [1.29, 1.82) is 0 Å². The van der Waals surface area contributed by atoms with Crippen molar-refractivity contribution in [2.75, 3.05) is 13.1 Å². The average Bonchev–Trinajstić information content (AvgIpc) is 2.66. The van der Waals surface area contributed by atoms with E-state index >= 15 is 0 Å². The van der Waals surface area contributed by atoms with Gasteiger partial charge in [-0.15, -0.1) is 0 Å². The number of aromatic nitrogens is 2. The molecule has 1 atom stereocenters. The molecule has 1 saturated heterocycles. The molecule has 1 aromatic heterocycles. The number of halogens is 4. The zero-order valence-electron chi connectivity index (χ0n) is 11.1. The van der Waals surface area contributed by atoms with Crippen LogP contribution in [-0.2, 0) is 11.3 Å². The van der Waals surface area contributed by atoms with E-state index in [1.54, 1.807) is 6.20 Å². The van der Waals surface area contributed by atoms with E-state index in [-0.39, 0.29) is 38.4 Å². The van der Waals surface area contributed by atoms with Crippen LogP contribution in [0.4, 0.5) is 13.2 Å². The van der Waals surface area contributed by atoms with Gasteiger partial charge < -0.3 is 10.0 Å². The standard InChI is InChI=1S/C12H15BrF3N3O2/c13-9-6-17-19(7-9)8-10(20)18-4-1-2-11(21,3-5-18)12(14,15)16/h6-7,21H,1-5,8H2. The number of hydrogen-bond acceptors (Lipinski definition) is 3. The Hall–Kier alpha value is -1.09. The summed E-state index contributed by atoms with van der Waals surface area (Å²) in [4.78, 5) is 13.4. The summed E-state index contributed by atoms with van der Waals surface area (Å²) in [6.07, 6.45) is -2.29. The van der Waals surface area contributed by atoms with Crippen LogP contribution >= 0.6 is 15.9 Å². The van der Waals surface area contributed by atoms with Crippen LogP contribution in [0.15, 0.2) is 16.9 Å². The van der Waals surface area contributed by atoms with Gasteiger partial charge in [0.05, 0.1) is 10.7 Å². The van der Waals surface area contributed by atoms with Crippen molar-refractivity contribution >= 4 is 21.8 Å². The first-order chi connectivity index (χ1) is 9.71. The van der Waals surface area contributed by atoms with Gasteiger partial charge >= 0.3 is 6.18 Å². The summed E-state index contributed by atoms with van der Waals surface area (Å²) in [5.41, 5.74) is -2.70. The van der Waals surface area contributed by atoms with Crippen molar-refractivity contribution in [2.45, 2.75) is 37.6 Å². The van der Waals surface area contributed by atoms with Crippen LogP contribution in [-0.4, -0.2) is 50.6 Å². The Labute approximate surface area is 127 Å². The molecule has 1 aliphatic rings. The predicted octanol–water partition coefficient (Wildman–Crippen LogP) is 1.95. The summed E-state index contributed by atoms with van der Waals surface area (Å²) in [6, 6.07) is 0. The Bertz CT molecular complexity index is 520. The van der Waals surface area contributed by atoms with Gasteiger partial charge in [0, 0.05) is 25.7 Å². The van der Waals surface area contributed by atoms with E-state index in [1.165, 1.54) is 15.8 Å². The second-order valence-electron chi connectivity index (χ2n) is 5.12. The highest BCUT2D eigenvalue weighted by atomic mass is 79.9. The maximum Gasteiger partial charge on any atom is 0.417 e. The van der Waals surface area contributed by atoms with Crippen LogP contribution in [0, 0.1) is 0 Å². The maximum atomic E-state index is 12.8. The van der Waals surface area contributed by atoms with Gasteiger partial charge in [0.25, 0.3) is 0 Å². The first kappa shape index (κ1) is 16.3. The number of alkyl halides is 3. The molecule has 1 aromatic rings. The zero-order chi connectivity index (χ0) is 15.7. The van der Waals surface area contributed by atoms with Gasteiger partial charge in [-0.1, -0.05) is 0 Å². The Morgan fingerprint density at radius 3 is 2.71 bits per heavy atom. The number of nitrogens with zero attached hydrogens (tertiary/aromatic N) is 3. The van der Waals surface area contributed by atoms with Crippen LogP contribution in [0.3, 0.4) is 0 Å². The van der Waals surface area contributed by atoms with Crippen molar-refractivity contribution in [3.8, 4) is 0 Å². The molecule has 1 aliphatic heterocycles. The highest BCUT2D eigenvalue weighted by Crippen LogP contribution is 2.38. The van der Waals surface area contributed by atoms with Gasteiger partial charge in [-0.05, 0) is 28.8 Å². The molecule has 118 valence electrons. The molecule has 1 amide bonds. The first-order valence-electron chi connectivity index (χ1n) is 6.46. The van der Waals surface area contributed by atoms with Crippen LogP contribution in [0.25, 0.3) is 0 Å². The largest absolute Gasteiger partial charge is 0.417 e. The number of carbonyl (C=O) groups is 1. The minimum Gasteiger partial charge on any atom is -0.380 e. The molecule has 0 radical (unpaired) electrons. The molecule has 0 spiro atoms. The normalized spacial score (nSPS) is 24.0. The second-order valence-corrected chi connectivity index (χ2v) is 6.04. The van der Waals surface area contributed by atoms with Crippen molar-refractivity contribution in [2.24, 2.45) is 0 Å². The monoisotopic (exact) mass is 369 g/mol. The predicted molar refractivity (Wildman–Crippen MR) is 71.4 cm³/mol. The van der Waals surface area contributed by atoms with Crippen LogP contribution in [0.2, 0.25) is 0 Å². The third kappa shape index (κ3) is 3.76. The lowest BCUT2D eigenvalue weighted by molar-refractivity contribution is -0.263. The fraction of sp³-hybridized carbons (Fsp3) is 0.667. The number of aliphatic hydroxyl groups is 1. The molecule has 0 aromatic carbocycles. The summed E-state index contributed by atoms with van der Waals surface area (Å²) >= 11 is 3.20. The average molecular weight is 370 g/mol. The SMILES string of the molecule is O=C(Cn1cc(Br)cn1)N1CCCC(O)(C(F)(F)F)CC1. The summed E-state index contributed by atoms with van der Waals surface area (Å²) in [6.45, 7) is 0.0625. The number of amides is 1. The molecule has 1 fully saturated rings. The Kier molecular flexibility index (Phi) is 4.62. The third-order valence-corrected chi connectivity index (χ3v) is 4.00. The van der Waals surface area contributed by atoms with Crippen LogP contribution < -0.4 is 0 Å².